The second-order valence-electron chi connectivity index (χ2n) is 5.30. The highest BCUT2D eigenvalue weighted by Gasteiger charge is 2.22. The molecule has 5 N–H and O–H groups in total. The first-order chi connectivity index (χ1) is 10.8. The van der Waals surface area contributed by atoms with Crippen LogP contribution in [0.15, 0.2) is 23.3 Å². The number of aromatic nitrogens is 4. The minimum atomic E-state index is -4.17. The number of nitrogens with one attached hydrogen (secondary N) is 1. The molecule has 0 fully saturated rings. The highest BCUT2D eigenvalue weighted by Crippen LogP contribution is 2.36. The molecule has 0 saturated heterocycles. The monoisotopic (exact) mass is 341 g/mol. The topological polar surface area (TPSA) is 156 Å². The number of H-pyrrole nitrogens is 1. The first kappa shape index (κ1) is 15.9. The van der Waals surface area contributed by atoms with E-state index < -0.39 is 19.5 Å². The number of imidazole rings is 1. The van der Waals surface area contributed by atoms with E-state index in [0.29, 0.717) is 18.5 Å². The molecular weight excluding hydrogens is 325 g/mol. The summed E-state index contributed by atoms with van der Waals surface area (Å²) >= 11 is 0. The number of nitrogens with zero attached hydrogens (tertiary/aromatic N) is 3. The van der Waals surface area contributed by atoms with E-state index in [9.17, 15) is 9.36 Å². The van der Waals surface area contributed by atoms with E-state index in [0.717, 1.165) is 0 Å². The lowest BCUT2D eigenvalue weighted by Crippen LogP contribution is -2.20. The van der Waals surface area contributed by atoms with Crippen molar-refractivity contribution in [3.63, 3.8) is 0 Å². The number of ether oxygens (including phenoxy) is 1. The first-order valence-corrected chi connectivity index (χ1v) is 8.70. The fourth-order valence-corrected chi connectivity index (χ4v) is 2.91. The molecule has 0 unspecified atom stereocenters. The summed E-state index contributed by atoms with van der Waals surface area (Å²) in [6.07, 6.45) is 5.39. The Hall–Kier alpha value is -2.00. The molecular formula is C12H16N5O5P. The van der Waals surface area contributed by atoms with Gasteiger partial charge in [-0.05, 0) is 12.8 Å². The van der Waals surface area contributed by atoms with Crippen LogP contribution in [0.4, 0.5) is 5.95 Å². The van der Waals surface area contributed by atoms with Crippen molar-refractivity contribution in [1.29, 1.82) is 0 Å². The number of allylic oxidation sites excluding steroid dienone is 1. The van der Waals surface area contributed by atoms with Gasteiger partial charge in [0.2, 0.25) is 5.95 Å². The summed E-state index contributed by atoms with van der Waals surface area (Å²) in [6, 6.07) is -0.0800. The summed E-state index contributed by atoms with van der Waals surface area (Å²) in [5, 5.41) is 0. The van der Waals surface area contributed by atoms with Crippen LogP contribution < -0.4 is 11.3 Å². The van der Waals surface area contributed by atoms with Crippen LogP contribution in [0.5, 0.6) is 0 Å². The Bertz CT molecular complexity index is 853. The van der Waals surface area contributed by atoms with Crippen molar-refractivity contribution in [3.05, 3.63) is 28.8 Å². The average molecular weight is 341 g/mol. The van der Waals surface area contributed by atoms with Crippen molar-refractivity contribution in [2.45, 2.75) is 25.0 Å². The standard InChI is InChI=1S/C12H16N5O5P/c13-12-15-10-9(11(18)16-12)14-5-17(10)7-1-3-8(4-2-7)22-6-23(19,20)21/h1,3,5,7-8H,2,4,6H2,(H2,19,20,21)(H3,13,15,16,18)/t7-,8+/m1/s1. The molecule has 1 aliphatic carbocycles. The van der Waals surface area contributed by atoms with Crippen molar-refractivity contribution >= 4 is 24.7 Å². The van der Waals surface area contributed by atoms with Crippen LogP contribution >= 0.6 is 7.60 Å². The fraction of sp³-hybridized carbons (Fsp3) is 0.417. The zero-order valence-electron chi connectivity index (χ0n) is 12.0. The molecule has 1 aliphatic rings. The number of nitrogen functional groups attached to an aromatic ring is 1. The Morgan fingerprint density at radius 2 is 2.22 bits per heavy atom. The second-order valence-corrected chi connectivity index (χ2v) is 6.89. The Morgan fingerprint density at radius 3 is 2.87 bits per heavy atom. The van der Waals surface area contributed by atoms with E-state index in [2.05, 4.69) is 15.0 Å². The minimum Gasteiger partial charge on any atom is -0.369 e. The predicted octanol–water partition coefficient (Wildman–Crippen LogP) is 0.113. The lowest BCUT2D eigenvalue weighted by molar-refractivity contribution is 0.0937. The molecule has 10 nitrogen and oxygen atoms in total. The van der Waals surface area contributed by atoms with Gasteiger partial charge < -0.3 is 24.8 Å². The van der Waals surface area contributed by atoms with Gasteiger partial charge in [0.1, 0.15) is 6.35 Å². The number of fused-ring (bicyclic) bond motifs is 1. The van der Waals surface area contributed by atoms with Crippen molar-refractivity contribution in [1.82, 2.24) is 19.5 Å². The Kier molecular flexibility index (Phi) is 4.07. The fourth-order valence-electron chi connectivity index (χ4n) is 2.53. The van der Waals surface area contributed by atoms with Gasteiger partial charge in [0.25, 0.3) is 5.56 Å². The van der Waals surface area contributed by atoms with E-state index in [1.807, 2.05) is 6.08 Å². The van der Waals surface area contributed by atoms with Crippen molar-refractivity contribution in [2.24, 2.45) is 0 Å². The maximum Gasteiger partial charge on any atom is 0.351 e. The molecule has 0 amide bonds. The number of hydrogen-bond acceptors (Lipinski definition) is 6. The predicted molar refractivity (Wildman–Crippen MR) is 81.8 cm³/mol. The van der Waals surface area contributed by atoms with Crippen molar-refractivity contribution < 1.29 is 19.1 Å². The largest absolute Gasteiger partial charge is 0.369 e. The summed E-state index contributed by atoms with van der Waals surface area (Å²) in [5.41, 5.74) is 5.78. The number of anilines is 1. The van der Waals surface area contributed by atoms with Gasteiger partial charge in [0.15, 0.2) is 11.2 Å². The molecule has 23 heavy (non-hydrogen) atoms. The maximum absolute atomic E-state index is 11.8. The third kappa shape index (κ3) is 3.50. The smallest absolute Gasteiger partial charge is 0.351 e. The Labute approximate surface area is 130 Å². The molecule has 0 bridgehead atoms. The second kappa shape index (κ2) is 5.89. The van der Waals surface area contributed by atoms with E-state index in [1.54, 1.807) is 10.6 Å². The van der Waals surface area contributed by atoms with Crippen LogP contribution in [0.25, 0.3) is 11.2 Å². The van der Waals surface area contributed by atoms with Crippen LogP contribution in [0.2, 0.25) is 0 Å². The molecule has 2 aromatic heterocycles. The zero-order valence-corrected chi connectivity index (χ0v) is 12.9. The van der Waals surface area contributed by atoms with Crippen LogP contribution in [0, 0.1) is 0 Å². The van der Waals surface area contributed by atoms with Gasteiger partial charge in [-0.1, -0.05) is 12.2 Å². The van der Waals surface area contributed by atoms with Crippen molar-refractivity contribution in [2.75, 3.05) is 12.1 Å². The van der Waals surface area contributed by atoms with E-state index in [-0.39, 0.29) is 23.6 Å². The number of aromatic amines is 1. The summed E-state index contributed by atoms with van der Waals surface area (Å²) in [7, 11) is -4.17. The molecule has 0 aliphatic heterocycles. The summed E-state index contributed by atoms with van der Waals surface area (Å²) in [4.78, 5) is 40.0. The molecule has 0 radical (unpaired) electrons. The molecule has 0 aromatic carbocycles. The van der Waals surface area contributed by atoms with E-state index in [1.165, 1.54) is 6.33 Å². The molecule has 2 aromatic rings. The third-order valence-corrected chi connectivity index (χ3v) is 4.05. The van der Waals surface area contributed by atoms with Gasteiger partial charge in [0.05, 0.1) is 18.5 Å². The average Bonchev–Trinajstić information content (AvgIpc) is 2.89. The van der Waals surface area contributed by atoms with Gasteiger partial charge in [-0.25, -0.2) is 4.98 Å². The number of nitrogens with two attached hydrogens (primary N) is 1. The van der Waals surface area contributed by atoms with E-state index >= 15 is 0 Å². The van der Waals surface area contributed by atoms with Gasteiger partial charge in [-0.15, -0.1) is 0 Å². The van der Waals surface area contributed by atoms with Crippen LogP contribution in [0.3, 0.4) is 0 Å². The molecule has 2 atom stereocenters. The van der Waals surface area contributed by atoms with Crippen molar-refractivity contribution in [3.8, 4) is 0 Å². The molecule has 0 saturated carbocycles. The van der Waals surface area contributed by atoms with Crippen LogP contribution in [-0.2, 0) is 9.30 Å². The van der Waals surface area contributed by atoms with Crippen LogP contribution in [0.1, 0.15) is 18.9 Å². The normalized spacial score (nSPS) is 21.8. The highest BCUT2D eigenvalue weighted by molar-refractivity contribution is 7.51. The summed E-state index contributed by atoms with van der Waals surface area (Å²) < 4.78 is 17.7. The zero-order chi connectivity index (χ0) is 16.6. The Morgan fingerprint density at radius 1 is 1.43 bits per heavy atom. The Balaban J connectivity index is 1.80. The lowest BCUT2D eigenvalue weighted by atomic mass is 10.0. The SMILES string of the molecule is Nc1nc2c(ncn2[C@@H]2C=C[C@H](OCP(=O)(O)O)CC2)c(=O)[nH]1. The molecule has 11 heteroatoms. The minimum absolute atomic E-state index is 0.0203. The molecule has 2 heterocycles. The number of hydrogen-bond donors (Lipinski definition) is 4. The van der Waals surface area contributed by atoms with Gasteiger partial charge in [0, 0.05) is 0 Å². The molecule has 0 spiro atoms. The molecule has 3 rings (SSSR count). The third-order valence-electron chi connectivity index (χ3n) is 3.56. The highest BCUT2D eigenvalue weighted by atomic mass is 31.2. The van der Waals surface area contributed by atoms with Gasteiger partial charge in [-0.3, -0.25) is 14.3 Å². The molecule has 124 valence electrons. The summed E-state index contributed by atoms with van der Waals surface area (Å²) in [6.45, 7) is 0. The lowest BCUT2D eigenvalue weighted by Gasteiger charge is -2.24. The quantitative estimate of drug-likeness (QED) is 0.451. The van der Waals surface area contributed by atoms with E-state index in [4.69, 9.17) is 20.3 Å². The van der Waals surface area contributed by atoms with Gasteiger partial charge in [-0.2, -0.15) is 4.98 Å². The first-order valence-electron chi connectivity index (χ1n) is 6.90. The maximum atomic E-state index is 11.8. The van der Waals surface area contributed by atoms with Gasteiger partial charge >= 0.3 is 7.60 Å². The van der Waals surface area contributed by atoms with Crippen LogP contribution in [-0.4, -0.2) is 41.8 Å². The number of rotatable bonds is 4. The summed E-state index contributed by atoms with van der Waals surface area (Å²) in [5.74, 6) is 0.0203.